The molecular weight excluding hydrogens is 324 g/mol. The zero-order valence-electron chi connectivity index (χ0n) is 11.8. The summed E-state index contributed by atoms with van der Waals surface area (Å²) in [6, 6.07) is 3.80. The zero-order valence-corrected chi connectivity index (χ0v) is 13.4. The maximum atomic E-state index is 11.3. The van der Waals surface area contributed by atoms with Crippen LogP contribution in [-0.2, 0) is 10.0 Å². The minimum Gasteiger partial charge on any atom is -0.353 e. The van der Waals surface area contributed by atoms with Gasteiger partial charge in [0.25, 0.3) is 0 Å². The van der Waals surface area contributed by atoms with Gasteiger partial charge in [-0.2, -0.15) is 5.10 Å². The molecule has 0 aliphatic carbocycles. The number of rotatable bonds is 3. The molecule has 22 heavy (non-hydrogen) atoms. The van der Waals surface area contributed by atoms with E-state index >= 15 is 0 Å². The number of nitrogens with two attached hydrogens (primary N) is 1. The fraction of sp³-hybridized carbons (Fsp3) is 0.417. The number of nitrogens with zero attached hydrogens (tertiary/aromatic N) is 5. The summed E-state index contributed by atoms with van der Waals surface area (Å²) < 4.78 is 22.8. The minimum atomic E-state index is -3.68. The van der Waals surface area contributed by atoms with Crippen molar-refractivity contribution in [1.82, 2.24) is 15.2 Å². The summed E-state index contributed by atoms with van der Waals surface area (Å²) in [4.78, 5) is 8.43. The van der Waals surface area contributed by atoms with E-state index in [0.717, 1.165) is 49.8 Å². The molecule has 0 radical (unpaired) electrons. The van der Waals surface area contributed by atoms with Crippen LogP contribution in [0.5, 0.6) is 0 Å². The van der Waals surface area contributed by atoms with Crippen molar-refractivity contribution in [3.05, 3.63) is 24.5 Å². The van der Waals surface area contributed by atoms with Crippen LogP contribution in [0.15, 0.2) is 28.7 Å². The van der Waals surface area contributed by atoms with Crippen molar-refractivity contribution in [1.29, 1.82) is 0 Å². The Morgan fingerprint density at radius 2 is 1.95 bits per heavy atom. The molecule has 1 fully saturated rings. The number of hydrogen-bond donors (Lipinski definition) is 1. The smallest absolute Gasteiger partial charge is 0.249 e. The second kappa shape index (κ2) is 6.15. The van der Waals surface area contributed by atoms with E-state index in [-0.39, 0.29) is 4.21 Å². The molecule has 3 rings (SSSR count). The van der Waals surface area contributed by atoms with Crippen LogP contribution in [0.2, 0.25) is 0 Å². The van der Waals surface area contributed by atoms with Crippen LogP contribution >= 0.6 is 11.3 Å². The second-order valence-corrected chi connectivity index (χ2v) is 7.71. The van der Waals surface area contributed by atoms with Crippen molar-refractivity contribution in [3.63, 3.8) is 0 Å². The molecule has 1 saturated heterocycles. The Kier molecular flexibility index (Phi) is 4.23. The lowest BCUT2D eigenvalue weighted by Crippen LogP contribution is -2.31. The summed E-state index contributed by atoms with van der Waals surface area (Å²) >= 11 is 1.11. The number of primary sulfonamides is 1. The van der Waals surface area contributed by atoms with Crippen LogP contribution in [-0.4, -0.2) is 49.8 Å². The minimum absolute atomic E-state index is 0.0949. The van der Waals surface area contributed by atoms with E-state index in [0.29, 0.717) is 5.13 Å². The number of sulfonamides is 1. The lowest BCUT2D eigenvalue weighted by Gasteiger charge is -2.21. The average Bonchev–Trinajstić information content (AvgIpc) is 2.87. The Balaban J connectivity index is 1.72. The van der Waals surface area contributed by atoms with Gasteiger partial charge in [0.1, 0.15) is 0 Å². The van der Waals surface area contributed by atoms with E-state index in [4.69, 9.17) is 5.14 Å². The molecule has 2 aromatic heterocycles. The molecule has 2 aromatic rings. The van der Waals surface area contributed by atoms with Crippen LogP contribution in [0.4, 0.5) is 10.9 Å². The summed E-state index contributed by atoms with van der Waals surface area (Å²) in [5, 5.41) is 13.8. The van der Waals surface area contributed by atoms with Gasteiger partial charge in [-0.3, -0.25) is 0 Å². The Morgan fingerprint density at radius 3 is 2.64 bits per heavy atom. The van der Waals surface area contributed by atoms with Crippen LogP contribution in [0.3, 0.4) is 0 Å². The number of aromatic nitrogens is 3. The molecule has 0 atom stereocenters. The monoisotopic (exact) mass is 340 g/mol. The van der Waals surface area contributed by atoms with Gasteiger partial charge >= 0.3 is 0 Å². The maximum Gasteiger partial charge on any atom is 0.249 e. The van der Waals surface area contributed by atoms with Gasteiger partial charge < -0.3 is 9.80 Å². The van der Waals surface area contributed by atoms with Crippen molar-refractivity contribution in [2.24, 2.45) is 5.14 Å². The molecule has 1 aliphatic heterocycles. The SMILES string of the molecule is NS(=O)(=O)c1cnc(N2CCCN(c3cccnn3)CC2)s1. The van der Waals surface area contributed by atoms with Gasteiger partial charge in [0.2, 0.25) is 10.0 Å². The summed E-state index contributed by atoms with van der Waals surface area (Å²) in [5.74, 6) is 0.855. The van der Waals surface area contributed by atoms with Gasteiger partial charge in [0, 0.05) is 32.4 Å². The molecule has 0 amide bonds. The Morgan fingerprint density at radius 1 is 1.18 bits per heavy atom. The normalized spacial score (nSPS) is 16.6. The van der Waals surface area contributed by atoms with E-state index in [1.807, 2.05) is 12.1 Å². The molecule has 118 valence electrons. The van der Waals surface area contributed by atoms with Gasteiger partial charge in [-0.25, -0.2) is 18.5 Å². The Hall–Kier alpha value is -1.78. The molecule has 0 spiro atoms. The highest BCUT2D eigenvalue weighted by Gasteiger charge is 2.20. The van der Waals surface area contributed by atoms with Crippen molar-refractivity contribution in [3.8, 4) is 0 Å². The van der Waals surface area contributed by atoms with E-state index in [9.17, 15) is 8.42 Å². The predicted octanol–water partition coefficient (Wildman–Crippen LogP) is 0.297. The van der Waals surface area contributed by atoms with E-state index in [2.05, 4.69) is 25.0 Å². The molecule has 3 heterocycles. The molecular formula is C12H16N6O2S2. The van der Waals surface area contributed by atoms with Gasteiger partial charge in [-0.05, 0) is 18.6 Å². The van der Waals surface area contributed by atoms with E-state index < -0.39 is 10.0 Å². The van der Waals surface area contributed by atoms with Crippen LogP contribution < -0.4 is 14.9 Å². The summed E-state index contributed by atoms with van der Waals surface area (Å²) in [7, 11) is -3.68. The first-order valence-corrected chi connectivity index (χ1v) is 9.16. The van der Waals surface area contributed by atoms with Crippen LogP contribution in [0, 0.1) is 0 Å². The van der Waals surface area contributed by atoms with Gasteiger partial charge in [-0.15, -0.1) is 5.10 Å². The Bertz CT molecular complexity index is 733. The maximum absolute atomic E-state index is 11.3. The lowest BCUT2D eigenvalue weighted by atomic mass is 10.4. The summed E-state index contributed by atoms with van der Waals surface area (Å²) in [6.07, 6.45) is 3.90. The number of anilines is 2. The van der Waals surface area contributed by atoms with Crippen molar-refractivity contribution in [2.45, 2.75) is 10.6 Å². The van der Waals surface area contributed by atoms with Crippen LogP contribution in [0.25, 0.3) is 0 Å². The first kappa shape index (κ1) is 15.1. The first-order chi connectivity index (χ1) is 10.5. The van der Waals surface area contributed by atoms with Crippen molar-refractivity contribution < 1.29 is 8.42 Å². The van der Waals surface area contributed by atoms with Crippen LogP contribution in [0.1, 0.15) is 6.42 Å². The second-order valence-electron chi connectivity index (χ2n) is 4.92. The average molecular weight is 340 g/mol. The third-order valence-corrected chi connectivity index (χ3v) is 5.87. The van der Waals surface area contributed by atoms with Crippen molar-refractivity contribution >= 4 is 32.3 Å². The highest BCUT2D eigenvalue weighted by Crippen LogP contribution is 2.26. The zero-order chi connectivity index (χ0) is 15.6. The van der Waals surface area contributed by atoms with Crippen molar-refractivity contribution in [2.75, 3.05) is 36.0 Å². The standard InChI is InChI=1S/C12H16N6O2S2/c13-22(19,20)11-9-14-12(21-11)18-6-2-5-17(7-8-18)10-3-1-4-15-16-10/h1,3-4,9H,2,5-8H2,(H2,13,19,20). The Labute approximate surface area is 132 Å². The third kappa shape index (κ3) is 3.34. The molecule has 0 saturated carbocycles. The highest BCUT2D eigenvalue weighted by molar-refractivity contribution is 7.91. The lowest BCUT2D eigenvalue weighted by molar-refractivity contribution is 0.599. The molecule has 0 unspecified atom stereocenters. The molecule has 1 aliphatic rings. The van der Waals surface area contributed by atoms with Gasteiger partial charge in [-0.1, -0.05) is 11.3 Å². The number of hydrogen-bond acceptors (Lipinski definition) is 8. The highest BCUT2D eigenvalue weighted by atomic mass is 32.2. The molecule has 0 bridgehead atoms. The topological polar surface area (TPSA) is 105 Å². The molecule has 10 heteroatoms. The van der Waals surface area contributed by atoms with Gasteiger partial charge in [0.05, 0.1) is 6.20 Å². The third-order valence-electron chi connectivity index (χ3n) is 3.40. The fourth-order valence-electron chi connectivity index (χ4n) is 2.33. The quantitative estimate of drug-likeness (QED) is 0.856. The summed E-state index contributed by atoms with van der Waals surface area (Å²) in [5.41, 5.74) is 0. The molecule has 2 N–H and O–H groups in total. The van der Waals surface area contributed by atoms with E-state index in [1.165, 1.54) is 6.20 Å². The molecule has 8 nitrogen and oxygen atoms in total. The molecule has 0 aromatic carbocycles. The fourth-order valence-corrected chi connectivity index (χ4v) is 3.92. The number of thiazole rings is 1. The first-order valence-electron chi connectivity index (χ1n) is 6.80. The summed E-state index contributed by atoms with van der Waals surface area (Å²) in [6.45, 7) is 3.22. The predicted molar refractivity (Wildman–Crippen MR) is 84.6 cm³/mol. The van der Waals surface area contributed by atoms with Gasteiger partial charge in [0.15, 0.2) is 15.2 Å². The largest absolute Gasteiger partial charge is 0.353 e. The van der Waals surface area contributed by atoms with E-state index in [1.54, 1.807) is 6.20 Å².